The Hall–Kier alpha value is 1.26. The van der Waals surface area contributed by atoms with Gasteiger partial charge in [0.15, 0.2) is 0 Å². The third-order valence-electron chi connectivity index (χ3n) is 1.58. The van der Waals surface area contributed by atoms with Gasteiger partial charge in [0.1, 0.15) is 0 Å². The summed E-state index contributed by atoms with van der Waals surface area (Å²) in [6.07, 6.45) is 0.935. The Balaban J connectivity index is 4.43. The van der Waals surface area contributed by atoms with Crippen LogP contribution in [0.5, 0.6) is 0 Å². The first-order chi connectivity index (χ1) is 6.47. The van der Waals surface area contributed by atoms with Crippen LogP contribution in [0.3, 0.4) is 0 Å². The van der Waals surface area contributed by atoms with Gasteiger partial charge < -0.3 is 0 Å². The summed E-state index contributed by atoms with van der Waals surface area (Å²) in [4.78, 5) is 11.8. The minimum absolute atomic E-state index is 0.193. The Morgan fingerprint density at radius 2 is 1.80 bits per heavy atom. The van der Waals surface area contributed by atoms with E-state index in [0.717, 1.165) is 6.42 Å². The number of hydrogen-bond acceptors (Lipinski definition) is 2. The van der Waals surface area contributed by atoms with Gasteiger partial charge in [0.2, 0.25) is 0 Å². The predicted octanol–water partition coefficient (Wildman–Crippen LogP) is -0.342. The molecule has 0 aliphatic rings. The summed E-state index contributed by atoms with van der Waals surface area (Å²) in [7, 11) is 0. The van der Waals surface area contributed by atoms with E-state index in [9.17, 15) is 4.89 Å². The van der Waals surface area contributed by atoms with E-state index in [-0.39, 0.29) is 11.0 Å². The van der Waals surface area contributed by atoms with Gasteiger partial charge in [-0.1, -0.05) is 0 Å². The molecule has 2 N–H and O–H groups in total. The third kappa shape index (κ3) is 9.01. The van der Waals surface area contributed by atoms with Crippen molar-refractivity contribution in [2.75, 3.05) is 4.93 Å². The summed E-state index contributed by atoms with van der Waals surface area (Å²) in [5.41, 5.74) is 0.00847. The van der Waals surface area contributed by atoms with Crippen molar-refractivity contribution >= 4 is 18.4 Å². The Morgan fingerprint density at radius 3 is 2.13 bits per heavy atom. The van der Waals surface area contributed by atoms with Gasteiger partial charge in [0.05, 0.1) is 0 Å². The van der Waals surface area contributed by atoms with E-state index in [0.29, 0.717) is 0 Å². The van der Waals surface area contributed by atoms with Crippen molar-refractivity contribution in [1.82, 2.24) is 5.09 Å². The van der Waals surface area contributed by atoms with Gasteiger partial charge in [-0.05, 0) is 0 Å². The summed E-state index contributed by atoms with van der Waals surface area (Å²) < 4.78 is 5.26. The Morgan fingerprint density at radius 1 is 1.33 bits per heavy atom. The van der Waals surface area contributed by atoms with Crippen LogP contribution in [0.1, 0.15) is 41.0 Å². The minimum atomic E-state index is -2.77. The molecular weight excluding hydrogens is 344 g/mol. The van der Waals surface area contributed by atoms with Crippen LogP contribution in [0.25, 0.3) is 0 Å². The maximum atomic E-state index is 9.87. The van der Waals surface area contributed by atoms with Gasteiger partial charge in [-0.3, -0.25) is 0 Å². The first-order valence-electron chi connectivity index (χ1n) is 4.78. The fraction of sp³-hybridized carbons (Fsp3) is 1.00. The topological polar surface area (TPSA) is 41.5 Å². The van der Waals surface area contributed by atoms with E-state index in [1.165, 1.54) is 0 Å². The van der Waals surface area contributed by atoms with Crippen LogP contribution in [0.4, 0.5) is 0 Å². The predicted molar refractivity (Wildman–Crippen MR) is 64.8 cm³/mol. The molecule has 0 bridgehead atoms. The van der Waals surface area contributed by atoms with Crippen molar-refractivity contribution in [3.05, 3.63) is 0 Å². The molecule has 0 aromatic rings. The zero-order valence-electron chi connectivity index (χ0n) is 10.3. The quantitative estimate of drug-likeness (QED) is 0.397. The molecule has 0 aromatic heterocycles. The molecule has 3 nitrogen and oxygen atoms in total. The number of nitrogens with one attached hydrogen (secondary N) is 1. The summed E-state index contributed by atoms with van der Waals surface area (Å²) >= 11 is 4.60. The molecule has 0 fully saturated rings. The fourth-order valence-electron chi connectivity index (χ4n) is 1.86. The average Bonchev–Trinajstić information content (AvgIpc) is 1.74. The molecule has 6 heteroatoms. The fourth-order valence-corrected chi connectivity index (χ4v) is 6.70. The van der Waals surface area contributed by atoms with E-state index < -0.39 is 28.3 Å². The molecule has 0 heterocycles. The van der Waals surface area contributed by atoms with E-state index in [2.05, 4.69) is 25.9 Å². The molecule has 0 spiro atoms. The van der Waals surface area contributed by atoms with Crippen molar-refractivity contribution in [2.45, 2.75) is 46.6 Å². The van der Waals surface area contributed by atoms with Gasteiger partial charge in [0.25, 0.3) is 0 Å². The van der Waals surface area contributed by atoms with Gasteiger partial charge in [-0.2, -0.15) is 0 Å². The van der Waals surface area contributed by atoms with Crippen molar-refractivity contribution < 1.29 is 29.4 Å². The molecule has 0 amide bonds. The van der Waals surface area contributed by atoms with E-state index >= 15 is 0 Å². The van der Waals surface area contributed by atoms with E-state index in [1.807, 2.05) is 18.8 Å². The molecule has 0 aromatic carbocycles. The molecular formula is C9H22INO2PS-. The SMILES string of the molecule is C[I-]OP(O)(=S)NC(C)(C)CC(C)(C)C. The third-order valence-corrected chi connectivity index (χ3v) is 6.98. The Bertz CT molecular complexity index is 253. The molecule has 94 valence electrons. The number of rotatable bonds is 5. The second kappa shape index (κ2) is 5.74. The van der Waals surface area contributed by atoms with Crippen molar-refractivity contribution in [3.8, 4) is 0 Å². The summed E-state index contributed by atoms with van der Waals surface area (Å²) in [6.45, 7) is 7.84. The zero-order valence-corrected chi connectivity index (χ0v) is 14.2. The van der Waals surface area contributed by atoms with Gasteiger partial charge in [-0.15, -0.1) is 0 Å². The molecule has 0 radical (unpaired) electrons. The Kier molecular flexibility index (Phi) is 6.22. The molecule has 1 atom stereocenters. The maximum absolute atomic E-state index is 9.87. The van der Waals surface area contributed by atoms with Crippen LogP contribution in [-0.4, -0.2) is 15.4 Å². The second-order valence-corrected chi connectivity index (χ2v) is 10.4. The van der Waals surface area contributed by atoms with E-state index in [1.54, 1.807) is 0 Å². The zero-order chi connectivity index (χ0) is 12.3. The van der Waals surface area contributed by atoms with E-state index in [4.69, 9.17) is 14.7 Å². The van der Waals surface area contributed by atoms with Crippen LogP contribution in [0.15, 0.2) is 0 Å². The molecule has 0 aliphatic carbocycles. The van der Waals surface area contributed by atoms with Crippen LogP contribution >= 0.6 is 6.64 Å². The first kappa shape index (κ1) is 16.3. The van der Waals surface area contributed by atoms with Crippen LogP contribution in [-0.2, 0) is 14.7 Å². The summed E-state index contributed by atoms with van der Waals surface area (Å²) in [6, 6.07) is 0. The Labute approximate surface area is 109 Å². The normalized spacial score (nSPS) is 17.8. The molecule has 15 heavy (non-hydrogen) atoms. The van der Waals surface area contributed by atoms with Crippen LogP contribution in [0, 0.1) is 5.41 Å². The molecule has 0 saturated carbocycles. The first-order valence-corrected chi connectivity index (χ1v) is 10.5. The van der Waals surface area contributed by atoms with Crippen LogP contribution in [0.2, 0.25) is 0 Å². The summed E-state index contributed by atoms with van der Waals surface area (Å²) in [5.74, 6) is 0. The average molecular weight is 366 g/mol. The van der Waals surface area contributed by atoms with Crippen molar-refractivity contribution in [2.24, 2.45) is 5.41 Å². The summed E-state index contributed by atoms with van der Waals surface area (Å²) in [5, 5.41) is 3.08. The van der Waals surface area contributed by atoms with Gasteiger partial charge >= 0.3 is 110 Å². The number of halogens is 1. The molecule has 0 saturated heterocycles. The second-order valence-electron chi connectivity index (χ2n) is 5.48. The monoisotopic (exact) mass is 366 g/mol. The molecule has 0 aliphatic heterocycles. The van der Waals surface area contributed by atoms with Gasteiger partial charge in [0, 0.05) is 0 Å². The van der Waals surface area contributed by atoms with Crippen LogP contribution < -0.4 is 26.7 Å². The number of hydrogen-bond donors (Lipinski definition) is 2. The molecule has 1 unspecified atom stereocenters. The number of alkyl halides is 1. The molecule has 0 rings (SSSR count). The van der Waals surface area contributed by atoms with Crippen molar-refractivity contribution in [3.63, 3.8) is 0 Å². The van der Waals surface area contributed by atoms with Gasteiger partial charge in [-0.25, -0.2) is 0 Å². The van der Waals surface area contributed by atoms with Crippen molar-refractivity contribution in [1.29, 1.82) is 0 Å². The standard InChI is InChI=1S/C9H22INO2PS/c1-8(2,3)7-9(4,5)11-14(12,15)13-10-6/h7H2,1-6H3,(H2,11,12,15)/q-1.